The van der Waals surface area contributed by atoms with E-state index in [-0.39, 0.29) is 5.54 Å². The summed E-state index contributed by atoms with van der Waals surface area (Å²) in [4.78, 5) is 4.77. The van der Waals surface area contributed by atoms with E-state index in [4.69, 9.17) is 9.73 Å². The Kier molecular flexibility index (Phi) is 3.40. The zero-order chi connectivity index (χ0) is 17.2. The van der Waals surface area contributed by atoms with Crippen molar-refractivity contribution in [2.45, 2.75) is 77.2 Å². The average molecular weight is 338 g/mol. The van der Waals surface area contributed by atoms with Crippen molar-refractivity contribution in [3.63, 3.8) is 0 Å². The van der Waals surface area contributed by atoms with Crippen molar-refractivity contribution in [1.29, 1.82) is 0 Å². The van der Waals surface area contributed by atoms with Gasteiger partial charge in [-0.1, -0.05) is 19.4 Å². The van der Waals surface area contributed by atoms with Crippen molar-refractivity contribution in [3.05, 3.63) is 34.9 Å². The van der Waals surface area contributed by atoms with E-state index in [1.807, 2.05) is 0 Å². The van der Waals surface area contributed by atoms with Gasteiger partial charge in [0.1, 0.15) is 6.61 Å². The van der Waals surface area contributed by atoms with Gasteiger partial charge in [-0.2, -0.15) is 0 Å². The van der Waals surface area contributed by atoms with Gasteiger partial charge in [-0.3, -0.25) is 0 Å². The molecule has 0 saturated heterocycles. The van der Waals surface area contributed by atoms with Crippen LogP contribution in [0.5, 0.6) is 0 Å². The monoisotopic (exact) mass is 337 g/mol. The largest absolute Gasteiger partial charge is 0.475 e. The number of aryl methyl sites for hydroxylation is 1. The summed E-state index contributed by atoms with van der Waals surface area (Å²) >= 11 is 0. The summed E-state index contributed by atoms with van der Waals surface area (Å²) < 4.78 is 5.87. The molecular weight excluding hydrogens is 306 g/mol. The van der Waals surface area contributed by atoms with Crippen LogP contribution in [-0.2, 0) is 11.2 Å². The van der Waals surface area contributed by atoms with Crippen molar-refractivity contribution < 1.29 is 4.74 Å². The van der Waals surface area contributed by atoms with Gasteiger partial charge in [0.05, 0.1) is 5.54 Å². The molecule has 5 rings (SSSR count). The standard InChI is InChI=1S/C23H31NO/c1-22(2)14-25-21(24-22)16-7-8-17-15(13-16)6-9-19-18(17)10-12-23(3)11-4-5-20(19)23/h7-8,13,18-20H,4-6,9-12,14H2,1-3H3/t18-,19-,20+,23+/m1/s1. The van der Waals surface area contributed by atoms with Crippen LogP contribution in [0.1, 0.15) is 81.9 Å². The van der Waals surface area contributed by atoms with Crippen molar-refractivity contribution in [3.8, 4) is 0 Å². The third kappa shape index (κ3) is 2.47. The van der Waals surface area contributed by atoms with E-state index in [1.54, 1.807) is 11.1 Å². The second-order valence-electron chi connectivity index (χ2n) is 9.93. The zero-order valence-corrected chi connectivity index (χ0v) is 16.0. The minimum Gasteiger partial charge on any atom is -0.475 e. The number of rotatable bonds is 1. The molecule has 25 heavy (non-hydrogen) atoms. The number of hydrogen-bond acceptors (Lipinski definition) is 2. The molecule has 0 spiro atoms. The fourth-order valence-corrected chi connectivity index (χ4v) is 6.44. The molecular formula is C23H31NO. The SMILES string of the molecule is CC1(C)COC(c2ccc3c(c2)CC[C@@H]2[C@@H]3CC[C@]3(C)CCC[C@@H]23)=N1. The Labute approximate surface area is 152 Å². The molecule has 0 aromatic heterocycles. The van der Waals surface area contributed by atoms with Crippen LogP contribution in [0, 0.1) is 17.3 Å². The van der Waals surface area contributed by atoms with E-state index >= 15 is 0 Å². The fourth-order valence-electron chi connectivity index (χ4n) is 6.44. The molecule has 1 aromatic carbocycles. The van der Waals surface area contributed by atoms with Crippen molar-refractivity contribution >= 4 is 5.90 Å². The van der Waals surface area contributed by atoms with Gasteiger partial charge >= 0.3 is 0 Å². The maximum absolute atomic E-state index is 5.87. The molecule has 2 saturated carbocycles. The van der Waals surface area contributed by atoms with Crippen LogP contribution in [0.15, 0.2) is 23.2 Å². The second-order valence-corrected chi connectivity index (χ2v) is 9.93. The summed E-state index contributed by atoms with van der Waals surface area (Å²) in [6.07, 6.45) is 9.87. The average Bonchev–Trinajstić information content (AvgIpc) is 3.16. The second kappa shape index (κ2) is 5.34. The first kappa shape index (κ1) is 15.9. The first-order valence-corrected chi connectivity index (χ1v) is 10.3. The third-order valence-corrected chi connectivity index (χ3v) is 7.72. The Morgan fingerprint density at radius 2 is 1.96 bits per heavy atom. The molecule has 134 valence electrons. The zero-order valence-electron chi connectivity index (χ0n) is 16.0. The Bertz CT molecular complexity index is 734. The van der Waals surface area contributed by atoms with Gasteiger partial charge in [0, 0.05) is 5.56 Å². The lowest BCUT2D eigenvalue weighted by atomic mass is 9.56. The number of hydrogen-bond donors (Lipinski definition) is 0. The van der Waals surface area contributed by atoms with Crippen molar-refractivity contribution in [1.82, 2.24) is 0 Å². The quantitative estimate of drug-likeness (QED) is 0.664. The van der Waals surface area contributed by atoms with Crippen LogP contribution in [-0.4, -0.2) is 18.0 Å². The highest BCUT2D eigenvalue weighted by atomic mass is 16.5. The number of benzene rings is 1. The Morgan fingerprint density at radius 3 is 2.76 bits per heavy atom. The molecule has 0 amide bonds. The molecule has 0 bridgehead atoms. The summed E-state index contributed by atoms with van der Waals surface area (Å²) in [6.45, 7) is 7.56. The first-order valence-electron chi connectivity index (χ1n) is 10.3. The lowest BCUT2D eigenvalue weighted by Gasteiger charge is -2.49. The van der Waals surface area contributed by atoms with E-state index in [0.717, 1.165) is 23.7 Å². The Morgan fingerprint density at radius 1 is 1.08 bits per heavy atom. The smallest absolute Gasteiger partial charge is 0.216 e. The summed E-state index contributed by atoms with van der Waals surface area (Å²) in [5.41, 5.74) is 4.97. The molecule has 1 aromatic rings. The molecule has 2 fully saturated rings. The predicted molar refractivity (Wildman–Crippen MR) is 102 cm³/mol. The molecule has 4 aliphatic rings. The highest BCUT2D eigenvalue weighted by molar-refractivity contribution is 5.95. The Hall–Kier alpha value is -1.31. The fraction of sp³-hybridized carbons (Fsp3) is 0.696. The maximum atomic E-state index is 5.87. The van der Waals surface area contributed by atoms with Gasteiger partial charge < -0.3 is 4.74 Å². The van der Waals surface area contributed by atoms with Gasteiger partial charge in [-0.15, -0.1) is 0 Å². The normalized spacial score (nSPS) is 38.4. The molecule has 2 nitrogen and oxygen atoms in total. The summed E-state index contributed by atoms with van der Waals surface area (Å²) in [5.74, 6) is 3.56. The van der Waals surface area contributed by atoms with Crippen LogP contribution in [0.3, 0.4) is 0 Å². The number of ether oxygens (including phenoxy) is 1. The van der Waals surface area contributed by atoms with Gasteiger partial charge in [-0.25, -0.2) is 4.99 Å². The van der Waals surface area contributed by atoms with Gasteiger partial charge in [0.25, 0.3) is 0 Å². The predicted octanol–water partition coefficient (Wildman–Crippen LogP) is 5.49. The van der Waals surface area contributed by atoms with Crippen molar-refractivity contribution in [2.75, 3.05) is 6.61 Å². The molecule has 1 heterocycles. The van der Waals surface area contributed by atoms with E-state index in [0.29, 0.717) is 12.0 Å². The van der Waals surface area contributed by atoms with Crippen LogP contribution >= 0.6 is 0 Å². The van der Waals surface area contributed by atoms with Crippen LogP contribution in [0.2, 0.25) is 0 Å². The first-order chi connectivity index (χ1) is 12.0. The minimum atomic E-state index is -0.0768. The lowest BCUT2D eigenvalue weighted by molar-refractivity contribution is 0.0598. The highest BCUT2D eigenvalue weighted by Crippen LogP contribution is 2.60. The van der Waals surface area contributed by atoms with Gasteiger partial charge in [-0.05, 0) is 98.8 Å². The molecule has 3 aliphatic carbocycles. The third-order valence-electron chi connectivity index (χ3n) is 7.72. The molecule has 2 heteroatoms. The number of fused-ring (bicyclic) bond motifs is 5. The van der Waals surface area contributed by atoms with Crippen molar-refractivity contribution in [2.24, 2.45) is 22.2 Å². The lowest BCUT2D eigenvalue weighted by Crippen LogP contribution is -2.39. The molecule has 0 radical (unpaired) electrons. The van der Waals surface area contributed by atoms with E-state index in [2.05, 4.69) is 39.0 Å². The summed E-state index contributed by atoms with van der Waals surface area (Å²) in [5, 5.41) is 0. The maximum Gasteiger partial charge on any atom is 0.216 e. The summed E-state index contributed by atoms with van der Waals surface area (Å²) in [7, 11) is 0. The molecule has 4 atom stereocenters. The minimum absolute atomic E-state index is 0.0768. The van der Waals surface area contributed by atoms with Gasteiger partial charge in [0.2, 0.25) is 5.90 Å². The van der Waals surface area contributed by atoms with Crippen LogP contribution in [0.4, 0.5) is 0 Å². The van der Waals surface area contributed by atoms with E-state index in [9.17, 15) is 0 Å². The van der Waals surface area contributed by atoms with Crippen LogP contribution < -0.4 is 0 Å². The highest BCUT2D eigenvalue weighted by Gasteiger charge is 2.50. The topological polar surface area (TPSA) is 21.6 Å². The van der Waals surface area contributed by atoms with E-state index < -0.39 is 0 Å². The number of nitrogens with zero attached hydrogens (tertiary/aromatic N) is 1. The van der Waals surface area contributed by atoms with E-state index in [1.165, 1.54) is 50.5 Å². The Balaban J connectivity index is 1.46. The number of aliphatic imine (C=N–C) groups is 1. The molecule has 0 N–H and O–H groups in total. The molecule has 0 unspecified atom stereocenters. The molecule has 1 aliphatic heterocycles. The van der Waals surface area contributed by atoms with Gasteiger partial charge in [0.15, 0.2) is 0 Å². The van der Waals surface area contributed by atoms with Crippen LogP contribution in [0.25, 0.3) is 0 Å². The summed E-state index contributed by atoms with van der Waals surface area (Å²) in [6, 6.07) is 7.06.